The minimum absolute atomic E-state index is 0.0547. The van der Waals surface area contributed by atoms with Crippen molar-refractivity contribution in [2.75, 3.05) is 0 Å². The summed E-state index contributed by atoms with van der Waals surface area (Å²) in [6.45, 7) is 0. The summed E-state index contributed by atoms with van der Waals surface area (Å²) in [5.74, 6) is -1.19. The molecule has 0 aliphatic carbocycles. The van der Waals surface area contributed by atoms with Gasteiger partial charge in [-0.15, -0.1) is 0 Å². The van der Waals surface area contributed by atoms with Crippen molar-refractivity contribution in [1.82, 2.24) is 15.0 Å². The number of aliphatic carboxylic acids is 1. The zero-order valence-corrected chi connectivity index (χ0v) is 17.9. The Morgan fingerprint density at radius 1 is 0.923 bits per heavy atom. The van der Waals surface area contributed by atoms with Crippen molar-refractivity contribution in [3.8, 4) is 0 Å². The van der Waals surface area contributed by atoms with Crippen LogP contribution in [0.25, 0.3) is 0 Å². The molecule has 0 radical (unpaired) electrons. The number of carboxylic acids is 1. The first-order chi connectivity index (χ1) is 11.9. The van der Waals surface area contributed by atoms with Crippen LogP contribution in [0, 0.1) is 0 Å². The van der Waals surface area contributed by atoms with E-state index < -0.39 is 13.6 Å². The van der Waals surface area contributed by atoms with Gasteiger partial charge in [0, 0.05) is 11.3 Å². The molecule has 0 aliphatic heterocycles. The number of nitrogens with zero attached hydrogens (tertiary/aromatic N) is 3. The Hall–Kier alpha value is -0.210. The monoisotopic (exact) mass is 493 g/mol. The van der Waals surface area contributed by atoms with Crippen LogP contribution in [0.2, 0.25) is 0 Å². The molecule has 0 atom stereocenters. The lowest BCUT2D eigenvalue weighted by atomic mass is 10.1. The number of hydrogen-bond acceptors (Lipinski definition) is 5. The second kappa shape index (κ2) is 8.86. The van der Waals surface area contributed by atoms with Gasteiger partial charge in [-0.3, -0.25) is 4.79 Å². The highest BCUT2D eigenvalue weighted by atomic mass is 35.6. The number of halogens is 6. The van der Waals surface area contributed by atoms with Crippen LogP contribution in [0.5, 0.6) is 0 Å². The van der Waals surface area contributed by atoms with Crippen LogP contribution in [0.15, 0.2) is 34.3 Å². The molecule has 0 saturated carbocycles. The normalized spacial score (nSPS) is 12.2. The second-order valence-electron chi connectivity index (χ2n) is 4.90. The SMILES string of the molecule is O=C(O)CCc1ccc(Sc2nc(C(Cl)(Cl)Cl)nc(C(Cl)(Cl)Cl)n2)cc1. The number of hydrogen-bond donors (Lipinski definition) is 1. The van der Waals surface area contributed by atoms with Gasteiger partial charge < -0.3 is 5.11 Å². The Bertz CT molecular complexity index is 760. The average Bonchev–Trinajstić information content (AvgIpc) is 2.52. The maximum Gasteiger partial charge on any atom is 0.303 e. The summed E-state index contributed by atoms with van der Waals surface area (Å²) >= 11 is 36.1. The van der Waals surface area contributed by atoms with E-state index in [1.165, 1.54) is 0 Å². The first-order valence-corrected chi connectivity index (χ1v) is 9.92. The average molecular weight is 496 g/mol. The zero-order valence-electron chi connectivity index (χ0n) is 12.6. The molecule has 5 nitrogen and oxygen atoms in total. The third-order valence-electron chi connectivity index (χ3n) is 2.88. The maximum atomic E-state index is 10.6. The molecule has 140 valence electrons. The van der Waals surface area contributed by atoms with Crippen molar-refractivity contribution in [1.29, 1.82) is 0 Å². The number of aryl methyl sites for hydroxylation is 1. The number of alkyl halides is 6. The fraction of sp³-hybridized carbons (Fsp3) is 0.286. The fourth-order valence-electron chi connectivity index (χ4n) is 1.74. The molecule has 0 bridgehead atoms. The molecule has 0 unspecified atom stereocenters. The van der Waals surface area contributed by atoms with Crippen molar-refractivity contribution >= 4 is 87.3 Å². The largest absolute Gasteiger partial charge is 0.481 e. The van der Waals surface area contributed by atoms with Gasteiger partial charge in [0.25, 0.3) is 0 Å². The van der Waals surface area contributed by atoms with E-state index in [-0.39, 0.29) is 23.2 Å². The minimum atomic E-state index is -1.91. The third-order valence-corrected chi connectivity index (χ3v) is 4.77. The Morgan fingerprint density at radius 3 is 1.85 bits per heavy atom. The van der Waals surface area contributed by atoms with Crippen molar-refractivity contribution < 1.29 is 9.90 Å². The number of carboxylic acid groups (broad SMARTS) is 1. The minimum Gasteiger partial charge on any atom is -0.481 e. The Morgan fingerprint density at radius 2 is 1.42 bits per heavy atom. The highest BCUT2D eigenvalue weighted by Gasteiger charge is 2.33. The number of benzene rings is 1. The van der Waals surface area contributed by atoms with Crippen LogP contribution in [0.4, 0.5) is 0 Å². The van der Waals surface area contributed by atoms with Crippen molar-refractivity contribution in [3.63, 3.8) is 0 Å². The van der Waals surface area contributed by atoms with Gasteiger partial charge in [0.1, 0.15) is 0 Å². The van der Waals surface area contributed by atoms with Crippen molar-refractivity contribution in [3.05, 3.63) is 41.5 Å². The predicted molar refractivity (Wildman–Crippen MR) is 105 cm³/mol. The van der Waals surface area contributed by atoms with Gasteiger partial charge in [-0.05, 0) is 35.9 Å². The van der Waals surface area contributed by atoms with E-state index in [0.29, 0.717) is 6.42 Å². The van der Waals surface area contributed by atoms with E-state index >= 15 is 0 Å². The highest BCUT2D eigenvalue weighted by molar-refractivity contribution is 7.99. The molecule has 0 fully saturated rings. The van der Waals surface area contributed by atoms with Gasteiger partial charge >= 0.3 is 5.97 Å². The smallest absolute Gasteiger partial charge is 0.303 e. The van der Waals surface area contributed by atoms with Gasteiger partial charge in [0.05, 0.1) is 0 Å². The summed E-state index contributed by atoms with van der Waals surface area (Å²) in [5, 5.41) is 8.90. The first kappa shape index (κ1) is 22.1. The Kier molecular flexibility index (Phi) is 7.53. The number of aromatic nitrogens is 3. The molecule has 26 heavy (non-hydrogen) atoms. The third kappa shape index (κ3) is 6.75. The lowest BCUT2D eigenvalue weighted by molar-refractivity contribution is -0.136. The molecule has 1 heterocycles. The van der Waals surface area contributed by atoms with Crippen LogP contribution in [0.1, 0.15) is 23.6 Å². The molecule has 0 saturated heterocycles. The Balaban J connectivity index is 2.26. The predicted octanol–water partition coefficient (Wildman–Crippen LogP) is 5.69. The van der Waals surface area contributed by atoms with E-state index in [2.05, 4.69) is 15.0 Å². The van der Waals surface area contributed by atoms with Gasteiger partial charge in [0.15, 0.2) is 16.8 Å². The van der Waals surface area contributed by atoms with Crippen LogP contribution in [-0.2, 0) is 18.8 Å². The summed E-state index contributed by atoms with van der Waals surface area (Å²) in [4.78, 5) is 23.4. The molecule has 1 N–H and O–H groups in total. The zero-order chi connectivity index (χ0) is 19.5. The number of carbonyl (C=O) groups is 1. The summed E-state index contributed by atoms with van der Waals surface area (Å²) in [6.07, 6.45) is 0.486. The van der Waals surface area contributed by atoms with Gasteiger partial charge in [-0.1, -0.05) is 81.7 Å². The quantitative estimate of drug-likeness (QED) is 0.537. The molecule has 2 rings (SSSR count). The molecule has 0 aliphatic rings. The second-order valence-corrected chi connectivity index (χ2v) is 10.5. The van der Waals surface area contributed by atoms with Crippen LogP contribution >= 0.6 is 81.4 Å². The fourth-order valence-corrected chi connectivity index (χ4v) is 2.99. The lowest BCUT2D eigenvalue weighted by Gasteiger charge is -2.15. The molecule has 1 aromatic heterocycles. The van der Waals surface area contributed by atoms with Gasteiger partial charge in [-0.2, -0.15) is 0 Å². The van der Waals surface area contributed by atoms with E-state index in [9.17, 15) is 4.79 Å². The number of rotatable bonds is 5. The van der Waals surface area contributed by atoms with Crippen LogP contribution < -0.4 is 0 Å². The molecule has 0 amide bonds. The van der Waals surface area contributed by atoms with Crippen molar-refractivity contribution in [2.24, 2.45) is 0 Å². The standard InChI is InChI=1S/C14H9Cl6N3O2S/c15-13(16,17)10-21-11(14(18,19)20)23-12(22-10)26-8-4-1-7(2-5-8)3-6-9(24)25/h1-2,4-5H,3,6H2,(H,24,25). The summed E-state index contributed by atoms with van der Waals surface area (Å²) in [7, 11) is 0. The van der Waals surface area contributed by atoms with Crippen LogP contribution in [0.3, 0.4) is 0 Å². The molecule has 1 aromatic carbocycles. The van der Waals surface area contributed by atoms with E-state index in [1.54, 1.807) is 24.3 Å². The van der Waals surface area contributed by atoms with E-state index in [4.69, 9.17) is 74.7 Å². The topological polar surface area (TPSA) is 76.0 Å². The van der Waals surface area contributed by atoms with Crippen LogP contribution in [-0.4, -0.2) is 26.0 Å². The maximum absolute atomic E-state index is 10.6. The van der Waals surface area contributed by atoms with Gasteiger partial charge in [0.2, 0.25) is 7.59 Å². The van der Waals surface area contributed by atoms with Crippen molar-refractivity contribution in [2.45, 2.75) is 30.5 Å². The van der Waals surface area contributed by atoms with Gasteiger partial charge in [-0.25, -0.2) is 15.0 Å². The highest BCUT2D eigenvalue weighted by Crippen LogP contribution is 2.41. The summed E-state index contributed by atoms with van der Waals surface area (Å²) in [5.41, 5.74) is 0.886. The molecular weight excluding hydrogens is 487 g/mol. The first-order valence-electron chi connectivity index (χ1n) is 6.84. The molecule has 0 spiro atoms. The molecule has 12 heteroatoms. The van der Waals surface area contributed by atoms with E-state index in [1.807, 2.05) is 0 Å². The van der Waals surface area contributed by atoms with E-state index in [0.717, 1.165) is 22.2 Å². The lowest BCUT2D eigenvalue weighted by Crippen LogP contribution is -2.16. The molecular formula is C14H9Cl6N3O2S. The summed E-state index contributed by atoms with van der Waals surface area (Å²) in [6, 6.07) is 7.18. The Labute approximate surface area is 183 Å². The molecule has 2 aromatic rings. The summed E-state index contributed by atoms with van der Waals surface area (Å²) < 4.78 is -3.83.